The van der Waals surface area contributed by atoms with E-state index in [0.717, 1.165) is 5.56 Å². The summed E-state index contributed by atoms with van der Waals surface area (Å²) in [6.45, 7) is 9.77. The second-order valence-corrected chi connectivity index (χ2v) is 6.22. The van der Waals surface area contributed by atoms with Crippen LogP contribution in [0.3, 0.4) is 0 Å². The van der Waals surface area contributed by atoms with Gasteiger partial charge in [0.2, 0.25) is 0 Å². The fourth-order valence-electron chi connectivity index (χ4n) is 1.81. The summed E-state index contributed by atoms with van der Waals surface area (Å²) in [4.78, 5) is 35.0. The van der Waals surface area contributed by atoms with Crippen molar-refractivity contribution in [3.63, 3.8) is 0 Å². The van der Waals surface area contributed by atoms with Crippen molar-refractivity contribution >= 4 is 17.9 Å². The van der Waals surface area contributed by atoms with Crippen molar-refractivity contribution in [2.24, 2.45) is 0 Å². The number of hydrogen-bond donors (Lipinski definition) is 2. The van der Waals surface area contributed by atoms with Gasteiger partial charge in [0.25, 0.3) is 5.91 Å². The number of rotatable bonds is 4. The van der Waals surface area contributed by atoms with Gasteiger partial charge in [0.1, 0.15) is 0 Å². The Bertz CT molecular complexity index is 573. The highest BCUT2D eigenvalue weighted by Crippen LogP contribution is 2.22. The molecule has 1 rings (SSSR count). The lowest BCUT2D eigenvalue weighted by Gasteiger charge is -2.19. The summed E-state index contributed by atoms with van der Waals surface area (Å²) in [6.07, 6.45) is -1.06. The molecule has 2 N–H and O–H groups in total. The molecule has 126 valence electrons. The van der Waals surface area contributed by atoms with Crippen LogP contribution in [0.15, 0.2) is 24.3 Å². The number of imide groups is 1. The van der Waals surface area contributed by atoms with Gasteiger partial charge in [0, 0.05) is 6.54 Å². The molecule has 0 saturated carbocycles. The Morgan fingerprint density at radius 3 is 2.17 bits per heavy atom. The summed E-state index contributed by atoms with van der Waals surface area (Å²) in [7, 11) is 0. The molecule has 6 heteroatoms. The Morgan fingerprint density at radius 1 is 1.13 bits per heavy atom. The second-order valence-electron chi connectivity index (χ2n) is 6.22. The molecule has 23 heavy (non-hydrogen) atoms. The van der Waals surface area contributed by atoms with Gasteiger partial charge >= 0.3 is 12.0 Å². The molecule has 6 nitrogen and oxygen atoms in total. The predicted octanol–water partition coefficient (Wildman–Crippen LogP) is 2.38. The minimum atomic E-state index is -1.06. The van der Waals surface area contributed by atoms with Crippen LogP contribution in [-0.4, -0.2) is 30.6 Å². The molecular weight excluding hydrogens is 296 g/mol. The Balaban J connectivity index is 2.65. The first-order valence-electron chi connectivity index (χ1n) is 7.55. The zero-order valence-electron chi connectivity index (χ0n) is 14.2. The minimum absolute atomic E-state index is 0.0117. The van der Waals surface area contributed by atoms with E-state index in [1.807, 2.05) is 12.1 Å². The smallest absolute Gasteiger partial charge is 0.338 e. The van der Waals surface area contributed by atoms with Gasteiger partial charge in [-0.15, -0.1) is 0 Å². The Labute approximate surface area is 136 Å². The molecule has 3 amide bonds. The first-order valence-corrected chi connectivity index (χ1v) is 7.55. The number of carbonyl (C=O) groups excluding carboxylic acids is 3. The third kappa shape index (κ3) is 5.73. The van der Waals surface area contributed by atoms with Crippen LogP contribution in [-0.2, 0) is 14.9 Å². The van der Waals surface area contributed by atoms with E-state index in [1.165, 1.54) is 6.92 Å². The van der Waals surface area contributed by atoms with Gasteiger partial charge in [0.05, 0.1) is 5.56 Å². The highest BCUT2D eigenvalue weighted by atomic mass is 16.5. The van der Waals surface area contributed by atoms with Crippen LogP contribution < -0.4 is 10.6 Å². The lowest BCUT2D eigenvalue weighted by Crippen LogP contribution is -2.44. The minimum Gasteiger partial charge on any atom is -0.449 e. The lowest BCUT2D eigenvalue weighted by atomic mass is 9.87. The van der Waals surface area contributed by atoms with Crippen LogP contribution in [0.25, 0.3) is 0 Å². The maximum absolute atomic E-state index is 12.0. The molecule has 1 atom stereocenters. The van der Waals surface area contributed by atoms with E-state index < -0.39 is 24.0 Å². The lowest BCUT2D eigenvalue weighted by molar-refractivity contribution is -0.127. The first kappa shape index (κ1) is 18.7. The third-order valence-electron chi connectivity index (χ3n) is 3.21. The normalized spacial score (nSPS) is 12.2. The molecule has 1 aromatic carbocycles. The average molecular weight is 320 g/mol. The Hall–Kier alpha value is -2.37. The summed E-state index contributed by atoms with van der Waals surface area (Å²) >= 11 is 0. The molecule has 1 aromatic rings. The molecule has 0 fully saturated rings. The van der Waals surface area contributed by atoms with Gasteiger partial charge in [-0.1, -0.05) is 32.9 Å². The van der Waals surface area contributed by atoms with Gasteiger partial charge in [-0.05, 0) is 37.0 Å². The van der Waals surface area contributed by atoms with Crippen molar-refractivity contribution in [3.8, 4) is 0 Å². The van der Waals surface area contributed by atoms with Crippen LogP contribution in [0, 0.1) is 0 Å². The number of ether oxygens (including phenoxy) is 1. The first-order chi connectivity index (χ1) is 10.6. The monoisotopic (exact) mass is 320 g/mol. The van der Waals surface area contributed by atoms with Gasteiger partial charge < -0.3 is 10.1 Å². The molecule has 0 aliphatic heterocycles. The molecule has 0 radical (unpaired) electrons. The SMILES string of the molecule is CCNC(=O)NC(=O)C(C)OC(=O)c1ccc(C(C)(C)C)cc1. The molecule has 0 heterocycles. The average Bonchev–Trinajstić information content (AvgIpc) is 2.46. The Kier molecular flexibility index (Phi) is 6.30. The molecule has 0 bridgehead atoms. The van der Waals surface area contributed by atoms with Crippen molar-refractivity contribution in [1.82, 2.24) is 10.6 Å². The highest BCUT2D eigenvalue weighted by Gasteiger charge is 2.21. The summed E-state index contributed by atoms with van der Waals surface area (Å²) < 4.78 is 5.07. The predicted molar refractivity (Wildman–Crippen MR) is 87.2 cm³/mol. The van der Waals surface area contributed by atoms with E-state index in [0.29, 0.717) is 12.1 Å². The van der Waals surface area contributed by atoms with E-state index >= 15 is 0 Å². The molecular formula is C17H24N2O4. The summed E-state index contributed by atoms with van der Waals surface area (Å²) in [6, 6.07) is 6.43. The molecule has 0 spiro atoms. The summed E-state index contributed by atoms with van der Waals surface area (Å²) in [5, 5.41) is 4.53. The number of urea groups is 1. The zero-order chi connectivity index (χ0) is 17.6. The van der Waals surface area contributed by atoms with Gasteiger partial charge in [-0.3, -0.25) is 10.1 Å². The molecule has 0 aromatic heterocycles. The van der Waals surface area contributed by atoms with Crippen LogP contribution in [0.1, 0.15) is 50.5 Å². The van der Waals surface area contributed by atoms with Gasteiger partial charge in [-0.2, -0.15) is 0 Å². The van der Waals surface area contributed by atoms with E-state index in [1.54, 1.807) is 19.1 Å². The number of esters is 1. The van der Waals surface area contributed by atoms with Crippen molar-refractivity contribution in [3.05, 3.63) is 35.4 Å². The quantitative estimate of drug-likeness (QED) is 0.834. The molecule has 0 aliphatic rings. The van der Waals surface area contributed by atoms with Crippen molar-refractivity contribution in [2.45, 2.75) is 46.1 Å². The Morgan fingerprint density at radius 2 is 1.70 bits per heavy atom. The van der Waals surface area contributed by atoms with Crippen molar-refractivity contribution in [1.29, 1.82) is 0 Å². The van der Waals surface area contributed by atoms with E-state index in [9.17, 15) is 14.4 Å². The number of nitrogens with one attached hydrogen (secondary N) is 2. The molecule has 0 aliphatic carbocycles. The fourth-order valence-corrected chi connectivity index (χ4v) is 1.81. The topological polar surface area (TPSA) is 84.5 Å². The van der Waals surface area contributed by atoms with Crippen molar-refractivity contribution in [2.75, 3.05) is 6.54 Å². The number of hydrogen-bond acceptors (Lipinski definition) is 4. The zero-order valence-corrected chi connectivity index (χ0v) is 14.2. The third-order valence-corrected chi connectivity index (χ3v) is 3.21. The van der Waals surface area contributed by atoms with Crippen LogP contribution in [0.2, 0.25) is 0 Å². The summed E-state index contributed by atoms with van der Waals surface area (Å²) in [5.41, 5.74) is 1.44. The van der Waals surface area contributed by atoms with Crippen LogP contribution in [0.4, 0.5) is 4.79 Å². The van der Waals surface area contributed by atoms with E-state index in [4.69, 9.17) is 4.74 Å². The van der Waals surface area contributed by atoms with Crippen LogP contribution >= 0.6 is 0 Å². The number of carbonyl (C=O) groups is 3. The summed E-state index contributed by atoms with van der Waals surface area (Å²) in [5.74, 6) is -1.28. The maximum Gasteiger partial charge on any atom is 0.338 e. The van der Waals surface area contributed by atoms with E-state index in [2.05, 4.69) is 31.4 Å². The van der Waals surface area contributed by atoms with Gasteiger partial charge in [-0.25, -0.2) is 9.59 Å². The number of benzene rings is 1. The molecule has 1 unspecified atom stereocenters. The molecule has 0 saturated heterocycles. The van der Waals surface area contributed by atoms with E-state index in [-0.39, 0.29) is 5.41 Å². The second kappa shape index (κ2) is 7.76. The van der Waals surface area contributed by atoms with Gasteiger partial charge in [0.15, 0.2) is 6.10 Å². The van der Waals surface area contributed by atoms with Crippen LogP contribution in [0.5, 0.6) is 0 Å². The standard InChI is InChI=1S/C17H24N2O4/c1-6-18-16(22)19-14(20)11(2)23-15(21)12-7-9-13(10-8-12)17(3,4)5/h7-11H,6H2,1-5H3,(H2,18,19,20,22). The fraction of sp³-hybridized carbons (Fsp3) is 0.471. The van der Waals surface area contributed by atoms with Crippen molar-refractivity contribution < 1.29 is 19.1 Å². The maximum atomic E-state index is 12.0. The number of amides is 3. The largest absolute Gasteiger partial charge is 0.449 e. The highest BCUT2D eigenvalue weighted by molar-refractivity contribution is 5.98.